The normalized spacial score (nSPS) is 17.2. The minimum atomic E-state index is 0.791. The van der Waals surface area contributed by atoms with E-state index in [1.165, 1.54) is 0 Å². The number of fused-ring (bicyclic) bond motifs is 1. The topological polar surface area (TPSA) is 70.2 Å². The molecule has 0 saturated carbocycles. The monoisotopic (exact) mass is 262 g/mol. The van der Waals surface area contributed by atoms with E-state index in [1.807, 2.05) is 0 Å². The lowest BCUT2D eigenvalue weighted by Gasteiger charge is -2.35. The zero-order chi connectivity index (χ0) is 13.1. The summed E-state index contributed by atoms with van der Waals surface area (Å²) in [5, 5.41) is 7.91. The van der Waals surface area contributed by atoms with Gasteiger partial charge in [-0.1, -0.05) is 0 Å². The fourth-order valence-corrected chi connectivity index (χ4v) is 2.41. The number of aromatic amines is 1. The van der Waals surface area contributed by atoms with Gasteiger partial charge in [0.2, 0.25) is 0 Å². The molecule has 0 aliphatic carbocycles. The Labute approximate surface area is 111 Å². The zero-order valence-electron chi connectivity index (χ0n) is 11.0. The van der Waals surface area contributed by atoms with Crippen LogP contribution in [0.15, 0.2) is 12.5 Å². The van der Waals surface area contributed by atoms with Crippen LogP contribution in [-0.2, 0) is 4.74 Å². The highest BCUT2D eigenvalue weighted by atomic mass is 16.5. The largest absolute Gasteiger partial charge is 0.383 e. The van der Waals surface area contributed by atoms with Crippen LogP contribution in [0.25, 0.3) is 11.0 Å². The molecule has 2 aromatic rings. The summed E-state index contributed by atoms with van der Waals surface area (Å²) in [6, 6.07) is 0. The second kappa shape index (κ2) is 5.50. The number of methoxy groups -OCH3 is 1. The Morgan fingerprint density at radius 3 is 2.89 bits per heavy atom. The number of nitrogens with zero attached hydrogens (tertiary/aromatic N) is 5. The summed E-state index contributed by atoms with van der Waals surface area (Å²) in [5.74, 6) is 0.977. The van der Waals surface area contributed by atoms with Gasteiger partial charge in [0.15, 0.2) is 5.65 Å². The smallest absolute Gasteiger partial charge is 0.160 e. The average molecular weight is 262 g/mol. The second-order valence-corrected chi connectivity index (χ2v) is 4.65. The molecule has 0 radical (unpaired) electrons. The van der Waals surface area contributed by atoms with Crippen molar-refractivity contribution < 1.29 is 4.74 Å². The standard InChI is InChI=1S/C12H18N6O/c1-19-7-6-17-2-4-18(5-3-17)12-10-8-15-16-11(10)13-9-14-12/h8-9H,2-7H2,1H3,(H,13,14,15,16). The molecule has 1 aliphatic heterocycles. The molecule has 19 heavy (non-hydrogen) atoms. The van der Waals surface area contributed by atoms with Gasteiger partial charge < -0.3 is 9.64 Å². The van der Waals surface area contributed by atoms with E-state index in [2.05, 4.69) is 30.0 Å². The number of piperazine rings is 1. The Morgan fingerprint density at radius 1 is 1.26 bits per heavy atom. The molecular formula is C12H18N6O. The zero-order valence-corrected chi connectivity index (χ0v) is 11.0. The van der Waals surface area contributed by atoms with E-state index in [0.29, 0.717) is 0 Å². The Morgan fingerprint density at radius 2 is 2.11 bits per heavy atom. The van der Waals surface area contributed by atoms with Crippen LogP contribution in [0.4, 0.5) is 5.82 Å². The minimum Gasteiger partial charge on any atom is -0.383 e. The van der Waals surface area contributed by atoms with E-state index in [1.54, 1.807) is 19.6 Å². The van der Waals surface area contributed by atoms with Crippen molar-refractivity contribution >= 4 is 16.9 Å². The molecule has 0 amide bonds. The Balaban J connectivity index is 1.69. The summed E-state index contributed by atoms with van der Waals surface area (Å²) < 4.78 is 5.12. The number of ether oxygens (including phenoxy) is 1. The molecule has 0 atom stereocenters. The predicted octanol–water partition coefficient (Wildman–Crippen LogP) is 0.121. The van der Waals surface area contributed by atoms with Crippen molar-refractivity contribution in [3.8, 4) is 0 Å². The van der Waals surface area contributed by atoms with Crippen molar-refractivity contribution in [3.05, 3.63) is 12.5 Å². The van der Waals surface area contributed by atoms with Crippen LogP contribution in [0.1, 0.15) is 0 Å². The third-order valence-corrected chi connectivity index (χ3v) is 3.51. The first kappa shape index (κ1) is 12.3. The molecule has 3 heterocycles. The molecule has 0 aromatic carbocycles. The number of H-pyrrole nitrogens is 1. The van der Waals surface area contributed by atoms with Crippen LogP contribution in [0.3, 0.4) is 0 Å². The quantitative estimate of drug-likeness (QED) is 0.844. The fourth-order valence-electron chi connectivity index (χ4n) is 2.41. The summed E-state index contributed by atoms with van der Waals surface area (Å²) in [6.07, 6.45) is 3.38. The first-order valence-corrected chi connectivity index (χ1v) is 6.49. The molecule has 1 fully saturated rings. The first-order valence-electron chi connectivity index (χ1n) is 6.49. The van der Waals surface area contributed by atoms with E-state index < -0.39 is 0 Å². The van der Waals surface area contributed by atoms with Gasteiger partial charge in [0, 0.05) is 39.8 Å². The third kappa shape index (κ3) is 2.52. The van der Waals surface area contributed by atoms with Gasteiger partial charge >= 0.3 is 0 Å². The number of hydrogen-bond acceptors (Lipinski definition) is 6. The van der Waals surface area contributed by atoms with Crippen LogP contribution in [-0.4, -0.2) is 71.5 Å². The van der Waals surface area contributed by atoms with Gasteiger partial charge in [-0.15, -0.1) is 0 Å². The van der Waals surface area contributed by atoms with Crippen LogP contribution < -0.4 is 4.90 Å². The third-order valence-electron chi connectivity index (χ3n) is 3.51. The van der Waals surface area contributed by atoms with E-state index in [0.717, 1.165) is 56.2 Å². The molecule has 0 spiro atoms. The summed E-state index contributed by atoms with van der Waals surface area (Å²) in [4.78, 5) is 13.3. The Bertz CT molecular complexity index is 534. The molecule has 7 nitrogen and oxygen atoms in total. The van der Waals surface area contributed by atoms with Crippen molar-refractivity contribution in [1.82, 2.24) is 25.1 Å². The lowest BCUT2D eigenvalue weighted by molar-refractivity contribution is 0.144. The van der Waals surface area contributed by atoms with Gasteiger partial charge in [0.1, 0.15) is 12.1 Å². The van der Waals surface area contributed by atoms with E-state index in [4.69, 9.17) is 4.74 Å². The van der Waals surface area contributed by atoms with Gasteiger partial charge in [-0.05, 0) is 0 Å². The summed E-state index contributed by atoms with van der Waals surface area (Å²) in [6.45, 7) is 5.80. The lowest BCUT2D eigenvalue weighted by Crippen LogP contribution is -2.47. The summed E-state index contributed by atoms with van der Waals surface area (Å²) >= 11 is 0. The highest BCUT2D eigenvalue weighted by Crippen LogP contribution is 2.21. The van der Waals surface area contributed by atoms with Gasteiger partial charge in [0.25, 0.3) is 0 Å². The molecule has 102 valence electrons. The molecule has 0 bridgehead atoms. The molecule has 1 saturated heterocycles. The number of hydrogen-bond donors (Lipinski definition) is 1. The van der Waals surface area contributed by atoms with Crippen LogP contribution in [0.5, 0.6) is 0 Å². The van der Waals surface area contributed by atoms with Crippen molar-refractivity contribution in [2.24, 2.45) is 0 Å². The minimum absolute atomic E-state index is 0.791. The van der Waals surface area contributed by atoms with Gasteiger partial charge in [-0.3, -0.25) is 10.00 Å². The van der Waals surface area contributed by atoms with Crippen molar-refractivity contribution in [2.75, 3.05) is 51.3 Å². The van der Waals surface area contributed by atoms with Gasteiger partial charge in [-0.25, -0.2) is 9.97 Å². The maximum atomic E-state index is 5.12. The number of nitrogens with one attached hydrogen (secondary N) is 1. The van der Waals surface area contributed by atoms with Crippen LogP contribution in [0, 0.1) is 0 Å². The first-order chi connectivity index (χ1) is 9.38. The number of anilines is 1. The maximum Gasteiger partial charge on any atom is 0.160 e. The van der Waals surface area contributed by atoms with Crippen LogP contribution >= 0.6 is 0 Å². The SMILES string of the molecule is COCCN1CCN(c2ncnc3[nH]ncc23)CC1. The maximum absolute atomic E-state index is 5.12. The summed E-state index contributed by atoms with van der Waals surface area (Å²) in [5.41, 5.74) is 0.798. The van der Waals surface area contributed by atoms with E-state index >= 15 is 0 Å². The molecule has 7 heteroatoms. The Hall–Kier alpha value is -1.73. The summed E-state index contributed by atoms with van der Waals surface area (Å²) in [7, 11) is 1.74. The van der Waals surface area contributed by atoms with Gasteiger partial charge in [-0.2, -0.15) is 5.10 Å². The van der Waals surface area contributed by atoms with Crippen molar-refractivity contribution in [2.45, 2.75) is 0 Å². The lowest BCUT2D eigenvalue weighted by atomic mass is 10.3. The molecule has 3 rings (SSSR count). The number of rotatable bonds is 4. The highest BCUT2D eigenvalue weighted by Gasteiger charge is 2.19. The molecule has 0 unspecified atom stereocenters. The fraction of sp³-hybridized carbons (Fsp3) is 0.583. The second-order valence-electron chi connectivity index (χ2n) is 4.65. The average Bonchev–Trinajstić information content (AvgIpc) is 2.94. The van der Waals surface area contributed by atoms with E-state index in [9.17, 15) is 0 Å². The molecular weight excluding hydrogens is 244 g/mol. The van der Waals surface area contributed by atoms with Crippen LogP contribution in [0.2, 0.25) is 0 Å². The van der Waals surface area contributed by atoms with Crippen molar-refractivity contribution in [1.29, 1.82) is 0 Å². The number of aromatic nitrogens is 4. The molecule has 2 aromatic heterocycles. The van der Waals surface area contributed by atoms with E-state index in [-0.39, 0.29) is 0 Å². The van der Waals surface area contributed by atoms with Gasteiger partial charge in [0.05, 0.1) is 18.2 Å². The highest BCUT2D eigenvalue weighted by molar-refractivity contribution is 5.86. The predicted molar refractivity (Wildman–Crippen MR) is 72.2 cm³/mol. The Kier molecular flexibility index (Phi) is 3.56. The van der Waals surface area contributed by atoms with Crippen molar-refractivity contribution in [3.63, 3.8) is 0 Å². The molecule has 1 N–H and O–H groups in total. The molecule has 1 aliphatic rings.